The number of amides is 1. The molecular weight excluding hydrogens is 472 g/mol. The van der Waals surface area contributed by atoms with Crippen molar-refractivity contribution >= 4 is 55.2 Å². The molecule has 0 unspecified atom stereocenters. The van der Waals surface area contributed by atoms with Gasteiger partial charge in [-0.25, -0.2) is 0 Å². The number of anilines is 1. The van der Waals surface area contributed by atoms with E-state index in [9.17, 15) is 4.79 Å². The number of hydrogen-bond donors (Lipinski definition) is 0. The summed E-state index contributed by atoms with van der Waals surface area (Å²) < 4.78 is 7.53. The first-order valence-corrected chi connectivity index (χ1v) is 10.2. The monoisotopic (exact) mass is 490 g/mol. The summed E-state index contributed by atoms with van der Waals surface area (Å²) in [6.07, 6.45) is 1.85. The Morgan fingerprint density at radius 2 is 1.78 bits per heavy atom. The Bertz CT molecular complexity index is 898. The molecular formula is C21H20Br2N2O2. The van der Waals surface area contributed by atoms with Gasteiger partial charge in [-0.15, -0.1) is 0 Å². The summed E-state index contributed by atoms with van der Waals surface area (Å²) in [5.41, 5.74) is 2.91. The minimum Gasteiger partial charge on any atom is -0.491 e. The highest BCUT2D eigenvalue weighted by Crippen LogP contribution is 2.36. The minimum atomic E-state index is -0.133. The molecule has 27 heavy (non-hydrogen) atoms. The Labute approximate surface area is 176 Å². The van der Waals surface area contributed by atoms with Crippen molar-refractivity contribution in [2.75, 3.05) is 11.6 Å². The molecule has 0 fully saturated rings. The van der Waals surface area contributed by atoms with Gasteiger partial charge in [0, 0.05) is 0 Å². The fourth-order valence-electron chi connectivity index (χ4n) is 2.65. The van der Waals surface area contributed by atoms with Crippen LogP contribution in [0.1, 0.15) is 26.3 Å². The molecule has 4 nitrogen and oxygen atoms in total. The quantitative estimate of drug-likeness (QED) is 0.477. The molecule has 0 radical (unpaired) electrons. The average Bonchev–Trinajstić information content (AvgIpc) is 2.90. The van der Waals surface area contributed by atoms with Crippen LogP contribution in [-0.4, -0.2) is 18.2 Å². The summed E-state index contributed by atoms with van der Waals surface area (Å²) in [5.74, 6) is 1.07. The molecule has 0 aliphatic carbocycles. The smallest absolute Gasteiger partial charge is 0.280 e. The van der Waals surface area contributed by atoms with E-state index >= 15 is 0 Å². The van der Waals surface area contributed by atoms with Gasteiger partial charge >= 0.3 is 0 Å². The van der Waals surface area contributed by atoms with Gasteiger partial charge in [-0.2, -0.15) is 10.1 Å². The maximum Gasteiger partial charge on any atom is 0.280 e. The van der Waals surface area contributed by atoms with Gasteiger partial charge in [0.2, 0.25) is 0 Å². The van der Waals surface area contributed by atoms with Gasteiger partial charge in [0.05, 0.1) is 32.5 Å². The van der Waals surface area contributed by atoms with E-state index in [1.807, 2.05) is 55.5 Å². The van der Waals surface area contributed by atoms with E-state index < -0.39 is 0 Å². The molecule has 6 heteroatoms. The highest BCUT2D eigenvalue weighted by atomic mass is 79.9. The van der Waals surface area contributed by atoms with Gasteiger partial charge in [-0.3, -0.25) is 4.79 Å². The SMILES string of the molecule is CC1=NN(c2ccccc2)C(=O)/C1=C/c1cc(Br)c(OCC(C)C)c(Br)c1. The molecule has 1 amide bonds. The maximum atomic E-state index is 12.8. The van der Waals surface area contributed by atoms with Crippen LogP contribution in [0.4, 0.5) is 5.69 Å². The molecule has 0 bridgehead atoms. The van der Waals surface area contributed by atoms with Crippen molar-refractivity contribution in [3.63, 3.8) is 0 Å². The lowest BCUT2D eigenvalue weighted by Gasteiger charge is -2.13. The zero-order chi connectivity index (χ0) is 19.6. The van der Waals surface area contributed by atoms with Crippen molar-refractivity contribution in [2.45, 2.75) is 20.8 Å². The van der Waals surface area contributed by atoms with Crippen molar-refractivity contribution in [3.05, 3.63) is 62.5 Å². The van der Waals surface area contributed by atoms with Crippen molar-refractivity contribution in [1.29, 1.82) is 0 Å². The Morgan fingerprint density at radius 1 is 1.15 bits per heavy atom. The molecule has 0 atom stereocenters. The summed E-state index contributed by atoms with van der Waals surface area (Å²) in [7, 11) is 0. The number of para-hydroxylation sites is 1. The van der Waals surface area contributed by atoms with Gasteiger partial charge < -0.3 is 4.74 Å². The third-order valence-corrected chi connectivity index (χ3v) is 5.13. The number of benzene rings is 2. The Balaban J connectivity index is 1.89. The second kappa shape index (κ2) is 8.40. The highest BCUT2D eigenvalue weighted by Gasteiger charge is 2.28. The van der Waals surface area contributed by atoms with Gasteiger partial charge in [-0.05, 0) is 80.6 Å². The van der Waals surface area contributed by atoms with Gasteiger partial charge in [0.15, 0.2) is 0 Å². The molecule has 0 aromatic heterocycles. The van der Waals surface area contributed by atoms with Crippen LogP contribution >= 0.6 is 31.9 Å². The van der Waals surface area contributed by atoms with E-state index in [1.54, 1.807) is 0 Å². The topological polar surface area (TPSA) is 41.9 Å². The van der Waals surface area contributed by atoms with Crippen molar-refractivity contribution in [1.82, 2.24) is 0 Å². The fraction of sp³-hybridized carbons (Fsp3) is 0.238. The lowest BCUT2D eigenvalue weighted by molar-refractivity contribution is -0.114. The summed E-state index contributed by atoms with van der Waals surface area (Å²) in [6.45, 7) is 6.69. The molecule has 1 heterocycles. The molecule has 0 saturated heterocycles. The van der Waals surface area contributed by atoms with Crippen LogP contribution in [0.2, 0.25) is 0 Å². The zero-order valence-corrected chi connectivity index (χ0v) is 18.5. The molecule has 2 aromatic carbocycles. The Kier molecular flexibility index (Phi) is 6.17. The third-order valence-electron chi connectivity index (χ3n) is 3.96. The normalized spacial score (nSPS) is 15.6. The summed E-state index contributed by atoms with van der Waals surface area (Å²) in [5, 5.41) is 5.85. The van der Waals surface area contributed by atoms with Crippen LogP contribution in [-0.2, 0) is 4.79 Å². The van der Waals surface area contributed by atoms with Gasteiger partial charge in [0.1, 0.15) is 5.75 Å². The highest BCUT2D eigenvalue weighted by molar-refractivity contribution is 9.11. The predicted octanol–water partition coefficient (Wildman–Crippen LogP) is 6.05. The largest absolute Gasteiger partial charge is 0.491 e. The van der Waals surface area contributed by atoms with E-state index in [0.717, 1.165) is 25.9 Å². The van der Waals surface area contributed by atoms with Crippen molar-refractivity contribution in [2.24, 2.45) is 11.0 Å². The number of hydrazone groups is 1. The second-order valence-corrected chi connectivity index (χ2v) is 8.42. The number of ether oxygens (including phenoxy) is 1. The first kappa shape index (κ1) is 19.8. The number of halogens is 2. The Hall–Kier alpha value is -1.92. The van der Waals surface area contributed by atoms with E-state index in [4.69, 9.17) is 4.74 Å². The molecule has 0 N–H and O–H groups in total. The molecule has 0 saturated carbocycles. The lowest BCUT2D eigenvalue weighted by Crippen LogP contribution is -2.21. The molecule has 1 aliphatic heterocycles. The third kappa shape index (κ3) is 4.50. The van der Waals surface area contributed by atoms with Crippen LogP contribution in [0.3, 0.4) is 0 Å². The van der Waals surface area contributed by atoms with E-state index in [-0.39, 0.29) is 5.91 Å². The van der Waals surface area contributed by atoms with Crippen LogP contribution in [0.15, 0.2) is 62.1 Å². The second-order valence-electron chi connectivity index (χ2n) is 6.71. The van der Waals surface area contributed by atoms with E-state index in [1.165, 1.54) is 5.01 Å². The average molecular weight is 492 g/mol. The summed E-state index contributed by atoms with van der Waals surface area (Å²) >= 11 is 7.13. The maximum absolute atomic E-state index is 12.8. The number of carbonyl (C=O) groups is 1. The van der Waals surface area contributed by atoms with E-state index in [2.05, 4.69) is 50.8 Å². The fourth-order valence-corrected chi connectivity index (χ4v) is 4.10. The molecule has 1 aliphatic rings. The van der Waals surface area contributed by atoms with Gasteiger partial charge in [0.25, 0.3) is 5.91 Å². The standard InChI is InChI=1S/C21H20Br2N2O2/c1-13(2)12-27-20-18(22)10-15(11-19(20)23)9-17-14(3)24-25(21(17)26)16-7-5-4-6-8-16/h4-11,13H,12H2,1-3H3/b17-9+. The first-order chi connectivity index (χ1) is 12.9. The predicted molar refractivity (Wildman–Crippen MR) is 117 cm³/mol. The molecule has 2 aromatic rings. The van der Waals surface area contributed by atoms with Crippen LogP contribution in [0.25, 0.3) is 6.08 Å². The minimum absolute atomic E-state index is 0.133. The lowest BCUT2D eigenvalue weighted by atomic mass is 10.1. The van der Waals surface area contributed by atoms with Crippen LogP contribution < -0.4 is 9.75 Å². The number of hydrogen-bond acceptors (Lipinski definition) is 3. The number of nitrogens with zero attached hydrogens (tertiary/aromatic N) is 2. The van der Waals surface area contributed by atoms with Crippen molar-refractivity contribution < 1.29 is 9.53 Å². The van der Waals surface area contributed by atoms with Gasteiger partial charge in [-0.1, -0.05) is 32.0 Å². The summed E-state index contributed by atoms with van der Waals surface area (Å²) in [6, 6.07) is 13.3. The number of carbonyl (C=O) groups excluding carboxylic acids is 1. The van der Waals surface area contributed by atoms with Crippen LogP contribution in [0.5, 0.6) is 5.75 Å². The zero-order valence-electron chi connectivity index (χ0n) is 15.4. The summed E-state index contributed by atoms with van der Waals surface area (Å²) in [4.78, 5) is 12.8. The molecule has 140 valence electrons. The Morgan fingerprint density at radius 3 is 2.37 bits per heavy atom. The van der Waals surface area contributed by atoms with Crippen molar-refractivity contribution in [3.8, 4) is 5.75 Å². The first-order valence-electron chi connectivity index (χ1n) is 8.65. The molecule has 0 spiro atoms. The number of rotatable bonds is 5. The van der Waals surface area contributed by atoms with Crippen LogP contribution in [0, 0.1) is 5.92 Å². The molecule has 3 rings (SSSR count). The van der Waals surface area contributed by atoms with E-state index in [0.29, 0.717) is 23.8 Å².